The summed E-state index contributed by atoms with van der Waals surface area (Å²) in [4.78, 5) is 12.1. The topological polar surface area (TPSA) is 17.1 Å². The largest absolute Gasteiger partial charge is 0.294 e. The van der Waals surface area contributed by atoms with Gasteiger partial charge in [-0.2, -0.15) is 0 Å². The molecule has 2 aliphatic carbocycles. The molecule has 1 aromatic rings. The highest BCUT2D eigenvalue weighted by Crippen LogP contribution is 2.55. The molecular weight excluding hydrogens is 271 g/mol. The Bertz CT molecular complexity index is 447. The predicted molar refractivity (Wildman–Crippen MR) is 62.8 cm³/mol. The molecule has 3 rings (SSSR count). The number of rotatable bonds is 2. The third-order valence-corrected chi connectivity index (χ3v) is 4.44. The number of hydrogen-bond donors (Lipinski definition) is 0. The molecule has 3 heteroatoms. The normalized spacial score (nSPS) is 31.2. The predicted octanol–water partition coefficient (Wildman–Crippen LogP) is 3.82. The molecule has 0 aliphatic heterocycles. The third kappa shape index (κ3) is 1.61. The molecule has 0 saturated heterocycles. The number of Topliss-reactive ketones (excluding diaryl/α,β-unsaturated/α-hetero) is 1. The maximum Gasteiger partial charge on any atom is 0.168 e. The Morgan fingerprint density at radius 2 is 1.94 bits per heavy atom. The Morgan fingerprint density at radius 1 is 1.25 bits per heavy atom. The van der Waals surface area contributed by atoms with Gasteiger partial charge in [-0.3, -0.25) is 4.79 Å². The van der Waals surface area contributed by atoms with Gasteiger partial charge in [-0.15, -0.1) is 0 Å². The van der Waals surface area contributed by atoms with Crippen LogP contribution in [0.25, 0.3) is 0 Å². The molecular formula is C13H12BrFO. The van der Waals surface area contributed by atoms with Crippen LogP contribution in [0.1, 0.15) is 29.6 Å². The molecule has 0 aromatic heterocycles. The van der Waals surface area contributed by atoms with Crippen molar-refractivity contribution in [1.82, 2.24) is 0 Å². The van der Waals surface area contributed by atoms with Crippen LogP contribution in [-0.4, -0.2) is 5.78 Å². The van der Waals surface area contributed by atoms with Crippen LogP contribution < -0.4 is 0 Å². The lowest BCUT2D eigenvalue weighted by Crippen LogP contribution is -2.14. The summed E-state index contributed by atoms with van der Waals surface area (Å²) in [5, 5.41) is 0. The van der Waals surface area contributed by atoms with Crippen molar-refractivity contribution in [3.63, 3.8) is 0 Å². The quantitative estimate of drug-likeness (QED) is 0.754. The lowest BCUT2D eigenvalue weighted by Gasteiger charge is -2.11. The van der Waals surface area contributed by atoms with E-state index in [2.05, 4.69) is 15.9 Å². The number of ketones is 1. The molecule has 0 spiro atoms. The van der Waals surface area contributed by atoms with Gasteiger partial charge in [0.1, 0.15) is 5.82 Å². The Morgan fingerprint density at radius 3 is 2.62 bits per heavy atom. The van der Waals surface area contributed by atoms with E-state index in [4.69, 9.17) is 0 Å². The molecule has 2 aliphatic rings. The van der Waals surface area contributed by atoms with Gasteiger partial charge in [-0.25, -0.2) is 4.39 Å². The van der Waals surface area contributed by atoms with E-state index in [1.165, 1.54) is 6.42 Å². The average molecular weight is 283 g/mol. The molecule has 0 radical (unpaired) electrons. The van der Waals surface area contributed by atoms with Crippen molar-refractivity contribution in [1.29, 1.82) is 0 Å². The van der Waals surface area contributed by atoms with Gasteiger partial charge in [-0.1, -0.05) is 6.07 Å². The number of fused-ring (bicyclic) bond motifs is 1. The highest BCUT2D eigenvalue weighted by molar-refractivity contribution is 9.10. The molecule has 2 atom stereocenters. The third-order valence-electron chi connectivity index (χ3n) is 3.83. The molecule has 0 amide bonds. The molecule has 2 saturated carbocycles. The first-order valence-electron chi connectivity index (χ1n) is 5.65. The molecule has 2 fully saturated rings. The van der Waals surface area contributed by atoms with Crippen LogP contribution in [0, 0.1) is 23.6 Å². The summed E-state index contributed by atoms with van der Waals surface area (Å²) in [5.41, 5.74) is 0.251. The first-order valence-corrected chi connectivity index (χ1v) is 6.44. The fourth-order valence-electron chi connectivity index (χ4n) is 2.84. The van der Waals surface area contributed by atoms with E-state index in [1.54, 1.807) is 18.2 Å². The van der Waals surface area contributed by atoms with Gasteiger partial charge >= 0.3 is 0 Å². The van der Waals surface area contributed by atoms with Gasteiger partial charge in [0.25, 0.3) is 0 Å². The molecule has 1 aromatic carbocycles. The van der Waals surface area contributed by atoms with Gasteiger partial charge < -0.3 is 0 Å². The molecule has 0 N–H and O–H groups in total. The van der Waals surface area contributed by atoms with E-state index in [9.17, 15) is 9.18 Å². The van der Waals surface area contributed by atoms with Crippen LogP contribution >= 0.6 is 15.9 Å². The highest BCUT2D eigenvalue weighted by atomic mass is 79.9. The summed E-state index contributed by atoms with van der Waals surface area (Å²) in [6.45, 7) is 0. The van der Waals surface area contributed by atoms with Crippen LogP contribution in [0.3, 0.4) is 0 Å². The van der Waals surface area contributed by atoms with Crippen LogP contribution in [0.5, 0.6) is 0 Å². The molecule has 2 unspecified atom stereocenters. The van der Waals surface area contributed by atoms with Crippen molar-refractivity contribution in [2.24, 2.45) is 17.8 Å². The van der Waals surface area contributed by atoms with Gasteiger partial charge in [0.05, 0.1) is 10.0 Å². The summed E-state index contributed by atoms with van der Waals surface area (Å²) in [6, 6.07) is 4.93. The molecule has 0 heterocycles. The fraction of sp³-hybridized carbons (Fsp3) is 0.462. The van der Waals surface area contributed by atoms with Crippen molar-refractivity contribution in [3.05, 3.63) is 34.1 Å². The summed E-state index contributed by atoms with van der Waals surface area (Å²) < 4.78 is 14.1. The minimum atomic E-state index is -0.409. The lowest BCUT2D eigenvalue weighted by atomic mass is 9.93. The van der Waals surface area contributed by atoms with Crippen LogP contribution in [0.4, 0.5) is 4.39 Å². The van der Waals surface area contributed by atoms with Gasteiger partial charge in [0.2, 0.25) is 0 Å². The summed E-state index contributed by atoms with van der Waals surface area (Å²) in [5.74, 6) is 1.15. The second-order valence-electron chi connectivity index (χ2n) is 4.89. The number of hydrogen-bond acceptors (Lipinski definition) is 1. The highest BCUT2D eigenvalue weighted by Gasteiger charge is 2.48. The maximum absolute atomic E-state index is 13.7. The average Bonchev–Trinajstić information content (AvgIpc) is 2.89. The van der Waals surface area contributed by atoms with E-state index in [0.29, 0.717) is 4.47 Å². The lowest BCUT2D eigenvalue weighted by molar-refractivity contribution is 0.0910. The standard InChI is InChI=1S/C13H12BrFO/c14-11-3-1-2-10(12(11)15)13(16)9-5-7-4-8(7)6-9/h1-3,7-9H,4-6H2. The molecule has 1 nitrogen and oxygen atoms in total. The smallest absolute Gasteiger partial charge is 0.168 e. The summed E-state index contributed by atoms with van der Waals surface area (Å²) in [7, 11) is 0. The minimum Gasteiger partial charge on any atom is -0.294 e. The van der Waals surface area contributed by atoms with E-state index >= 15 is 0 Å². The Balaban J connectivity index is 1.86. The van der Waals surface area contributed by atoms with Crippen LogP contribution in [0.15, 0.2) is 22.7 Å². The zero-order valence-electron chi connectivity index (χ0n) is 8.75. The maximum atomic E-state index is 13.7. The van der Waals surface area contributed by atoms with E-state index in [1.807, 2.05) is 0 Å². The first-order chi connectivity index (χ1) is 7.66. The Kier molecular flexibility index (Phi) is 2.39. The van der Waals surface area contributed by atoms with Crippen molar-refractivity contribution in [2.45, 2.75) is 19.3 Å². The second kappa shape index (κ2) is 3.66. The zero-order valence-corrected chi connectivity index (χ0v) is 10.3. The summed E-state index contributed by atoms with van der Waals surface area (Å²) >= 11 is 3.12. The number of carbonyl (C=O) groups excluding carboxylic acids is 1. The van der Waals surface area contributed by atoms with E-state index in [-0.39, 0.29) is 17.3 Å². The molecule has 16 heavy (non-hydrogen) atoms. The van der Waals surface area contributed by atoms with Crippen LogP contribution in [-0.2, 0) is 0 Å². The Labute approximate surface area is 102 Å². The Hall–Kier alpha value is -0.700. The van der Waals surface area contributed by atoms with Gasteiger partial charge in [0, 0.05) is 5.92 Å². The van der Waals surface area contributed by atoms with Crippen molar-refractivity contribution >= 4 is 21.7 Å². The zero-order chi connectivity index (χ0) is 11.3. The van der Waals surface area contributed by atoms with Gasteiger partial charge in [0.15, 0.2) is 5.78 Å². The van der Waals surface area contributed by atoms with Crippen molar-refractivity contribution in [2.75, 3.05) is 0 Å². The van der Waals surface area contributed by atoms with Gasteiger partial charge in [-0.05, 0) is 59.2 Å². The first kappa shape index (κ1) is 10.5. The van der Waals surface area contributed by atoms with E-state index in [0.717, 1.165) is 24.7 Å². The van der Waals surface area contributed by atoms with Crippen LogP contribution in [0.2, 0.25) is 0 Å². The molecule has 84 valence electrons. The van der Waals surface area contributed by atoms with Crippen molar-refractivity contribution < 1.29 is 9.18 Å². The number of benzene rings is 1. The van der Waals surface area contributed by atoms with Crippen molar-refractivity contribution in [3.8, 4) is 0 Å². The molecule has 0 bridgehead atoms. The SMILES string of the molecule is O=C(c1cccc(Br)c1F)C1CC2CC2C1. The fourth-order valence-corrected chi connectivity index (χ4v) is 3.21. The second-order valence-corrected chi connectivity index (χ2v) is 5.74. The van der Waals surface area contributed by atoms with E-state index < -0.39 is 5.82 Å². The monoisotopic (exact) mass is 282 g/mol. The summed E-state index contributed by atoms with van der Waals surface area (Å²) in [6.07, 6.45) is 3.22. The number of carbonyl (C=O) groups is 1. The number of halogens is 2. The minimum absolute atomic E-state index is 0.00833.